The summed E-state index contributed by atoms with van der Waals surface area (Å²) in [4.78, 5) is 70.4. The molecular weight excluding hydrogens is 1330 g/mol. The largest absolute Gasteiger partial charge is 0.472 e. The highest BCUT2D eigenvalue weighted by molar-refractivity contribution is 7.47. The van der Waals surface area contributed by atoms with E-state index in [2.05, 4.69) is 118 Å². The van der Waals surface area contributed by atoms with Gasteiger partial charge in [-0.2, -0.15) is 0 Å². The van der Waals surface area contributed by atoms with E-state index in [1.807, 2.05) is 12.2 Å². The molecule has 0 aromatic carbocycles. The van der Waals surface area contributed by atoms with E-state index in [1.165, 1.54) is 57.8 Å². The molecule has 0 fully saturated rings. The van der Waals surface area contributed by atoms with Crippen LogP contribution in [0.3, 0.4) is 0 Å². The smallest absolute Gasteiger partial charge is 0.463 e. The highest BCUT2D eigenvalue weighted by Gasteiger charge is 2.30. The number of aliphatic hydroxyl groups is 1. The molecule has 3 N–H and O–H groups in total. The zero-order valence-corrected chi connectivity index (χ0v) is 65.8. The Morgan fingerprint density at radius 3 is 0.961 bits per heavy atom. The van der Waals surface area contributed by atoms with Crippen molar-refractivity contribution in [2.75, 3.05) is 46.2 Å². The van der Waals surface area contributed by atoms with Crippen molar-refractivity contribution in [1.29, 1.82) is 0 Å². The molecular formula is C83H144O17P2. The second-order valence-electron chi connectivity index (χ2n) is 26.6. The molecule has 0 rings (SSSR count). The van der Waals surface area contributed by atoms with Crippen molar-refractivity contribution in [2.45, 2.75) is 347 Å². The maximum Gasteiger partial charge on any atom is 0.472 e. The minimum Gasteiger partial charge on any atom is -0.463 e. The van der Waals surface area contributed by atoms with E-state index >= 15 is 0 Å². The first kappa shape index (κ1) is 97.9. The number of phosphoric ester groups is 2. The topological polar surface area (TPSA) is 237 Å². The van der Waals surface area contributed by atoms with Gasteiger partial charge >= 0.3 is 33.6 Å². The molecule has 0 bridgehead atoms. The minimum atomic E-state index is -4.96. The predicted molar refractivity (Wildman–Crippen MR) is 418 cm³/mol. The SMILES string of the molecule is CCCCC/C=C\C/C=C\C/C=C\C/C=C\CCCC(=O)O[C@H](COC(=O)CCCCCCC/C=C\C/C=C\CCCCC)COP(=O)(O)OC[C@@H](O)COP(=O)(O)OC[C@@H](COC(=O)CCCCCCC/C=C\C/C=C\CCCCC)OCCCCCCCCC/C=C\CCCCCCC=O. The van der Waals surface area contributed by atoms with Gasteiger partial charge in [0.2, 0.25) is 0 Å². The number of carbonyl (C=O) groups is 4. The predicted octanol–water partition coefficient (Wildman–Crippen LogP) is 23.0. The molecule has 5 atom stereocenters. The van der Waals surface area contributed by atoms with Crippen LogP contribution in [0.15, 0.2) is 109 Å². The summed E-state index contributed by atoms with van der Waals surface area (Å²) in [6.45, 7) is 3.37. The van der Waals surface area contributed by atoms with Crippen LogP contribution in [0.2, 0.25) is 0 Å². The molecule has 102 heavy (non-hydrogen) atoms. The van der Waals surface area contributed by atoms with Crippen molar-refractivity contribution in [2.24, 2.45) is 0 Å². The summed E-state index contributed by atoms with van der Waals surface area (Å²) < 4.78 is 69.3. The number of rotatable bonds is 77. The van der Waals surface area contributed by atoms with E-state index < -0.39 is 84.9 Å². The Labute approximate surface area is 619 Å². The molecule has 0 radical (unpaired) electrons. The number of ether oxygens (including phenoxy) is 4. The fraction of sp³-hybridized carbons (Fsp3) is 0.735. The van der Waals surface area contributed by atoms with Gasteiger partial charge in [0.25, 0.3) is 0 Å². The third-order valence-corrected chi connectivity index (χ3v) is 18.6. The van der Waals surface area contributed by atoms with Gasteiger partial charge in [0.15, 0.2) is 6.10 Å². The highest BCUT2D eigenvalue weighted by Crippen LogP contribution is 2.45. The molecule has 19 heteroatoms. The van der Waals surface area contributed by atoms with Crippen LogP contribution in [0.4, 0.5) is 0 Å². The summed E-state index contributed by atoms with van der Waals surface area (Å²) in [6, 6.07) is 0. The third-order valence-electron chi connectivity index (χ3n) is 16.7. The van der Waals surface area contributed by atoms with Crippen LogP contribution in [0.5, 0.6) is 0 Å². The Hall–Kier alpha value is -4.12. The number of hydrogen-bond donors (Lipinski definition) is 3. The molecule has 17 nitrogen and oxygen atoms in total. The Morgan fingerprint density at radius 2 is 0.588 bits per heavy atom. The number of hydrogen-bond acceptors (Lipinski definition) is 15. The van der Waals surface area contributed by atoms with E-state index in [0.717, 1.165) is 205 Å². The van der Waals surface area contributed by atoms with Gasteiger partial charge < -0.3 is 38.6 Å². The van der Waals surface area contributed by atoms with E-state index in [9.17, 15) is 43.2 Å². The first-order valence-corrected chi connectivity index (χ1v) is 43.1. The van der Waals surface area contributed by atoms with Gasteiger partial charge in [-0.15, -0.1) is 0 Å². The zero-order chi connectivity index (χ0) is 74.4. The zero-order valence-electron chi connectivity index (χ0n) is 64.0. The van der Waals surface area contributed by atoms with E-state index in [4.69, 9.17) is 37.0 Å². The standard InChI is InChI=1S/C83H144O17P2/c1-4-7-10-13-16-19-22-25-28-29-34-39-44-49-54-59-64-69-83(88)100-80(75-95-82(87)68-63-58-53-48-43-38-33-27-24-21-18-15-12-9-6-3)77-99-102(91,92)97-73-78(85)72-96-101(89,90)98-76-79(93-71-66-61-56-51-46-41-36-31-30-35-40-45-50-55-60-65-70-84)74-94-81(86)67-62-57-52-47-42-37-32-26-23-20-17-14-11-8-5-2/h16-21,25-28,30,32-35,39,49,54,70,78-80,85H,4-15,22-24,29,31,36-38,40-48,50-53,55-69,71-77H2,1-3H3,(H,89,90)(H,91,92)/b19-16-,20-17-,21-18-,28-25-,32-26-,33-27-,35-30-,39-34-,54-49-/t78-,79+,80+/m0/s1. The fourth-order valence-corrected chi connectivity index (χ4v) is 12.1. The maximum absolute atomic E-state index is 13.1. The highest BCUT2D eigenvalue weighted by atomic mass is 31.2. The number of carbonyl (C=O) groups excluding carboxylic acids is 4. The molecule has 0 saturated heterocycles. The van der Waals surface area contributed by atoms with Crippen molar-refractivity contribution in [3.05, 3.63) is 109 Å². The quantitative estimate of drug-likeness (QED) is 0.0128. The number of aliphatic hydroxyl groups excluding tert-OH is 1. The maximum atomic E-state index is 13.1. The summed E-state index contributed by atoms with van der Waals surface area (Å²) in [7, 11) is -9.83. The van der Waals surface area contributed by atoms with Crippen LogP contribution >= 0.6 is 15.6 Å². The molecule has 0 saturated carbocycles. The summed E-state index contributed by atoms with van der Waals surface area (Å²) in [5.74, 6) is -1.55. The van der Waals surface area contributed by atoms with Crippen molar-refractivity contribution in [1.82, 2.24) is 0 Å². The van der Waals surface area contributed by atoms with Crippen molar-refractivity contribution < 1.29 is 80.2 Å². The van der Waals surface area contributed by atoms with Crippen LogP contribution in [-0.4, -0.2) is 104 Å². The van der Waals surface area contributed by atoms with Crippen molar-refractivity contribution in [3.8, 4) is 0 Å². The molecule has 0 aliphatic rings. The monoisotopic (exact) mass is 1470 g/mol. The fourth-order valence-electron chi connectivity index (χ4n) is 10.5. The summed E-state index contributed by atoms with van der Waals surface area (Å²) in [5, 5.41) is 10.6. The minimum absolute atomic E-state index is 0.0264. The normalized spacial score (nSPS) is 14.5. The molecule has 0 spiro atoms. The second kappa shape index (κ2) is 76.5. The molecule has 2 unspecified atom stereocenters. The number of phosphoric acid groups is 2. The van der Waals surface area contributed by atoms with Gasteiger partial charge in [-0.3, -0.25) is 32.5 Å². The van der Waals surface area contributed by atoms with Crippen LogP contribution < -0.4 is 0 Å². The van der Waals surface area contributed by atoms with Gasteiger partial charge in [0.05, 0.1) is 26.4 Å². The summed E-state index contributed by atoms with van der Waals surface area (Å²) >= 11 is 0. The van der Waals surface area contributed by atoms with Crippen LogP contribution in [0.25, 0.3) is 0 Å². The first-order valence-electron chi connectivity index (χ1n) is 40.1. The van der Waals surface area contributed by atoms with E-state index in [0.29, 0.717) is 38.7 Å². The average molecular weight is 1480 g/mol. The lowest BCUT2D eigenvalue weighted by atomic mass is 10.1. The van der Waals surface area contributed by atoms with Crippen LogP contribution in [0.1, 0.15) is 329 Å². The second-order valence-corrected chi connectivity index (χ2v) is 29.5. The molecule has 0 aliphatic carbocycles. The number of aldehydes is 1. The number of allylic oxidation sites excluding steroid dienone is 18. The molecule has 588 valence electrons. The van der Waals surface area contributed by atoms with Gasteiger partial charge in [-0.05, 0) is 161 Å². The molecule has 0 amide bonds. The Morgan fingerprint density at radius 1 is 0.314 bits per heavy atom. The first-order chi connectivity index (χ1) is 49.8. The number of esters is 3. The summed E-state index contributed by atoms with van der Waals surface area (Å²) in [6.07, 6.45) is 82.8. The molecule has 0 aromatic rings. The van der Waals surface area contributed by atoms with Crippen LogP contribution in [0, 0.1) is 0 Å². The lowest BCUT2D eigenvalue weighted by Crippen LogP contribution is -2.30. The number of unbranched alkanes of at least 4 members (excludes halogenated alkanes) is 32. The van der Waals surface area contributed by atoms with E-state index in [1.54, 1.807) is 0 Å². The average Bonchev–Trinajstić information content (AvgIpc) is 0.925. The Bertz CT molecular complexity index is 2330. The van der Waals surface area contributed by atoms with Gasteiger partial charge in [0, 0.05) is 32.3 Å². The van der Waals surface area contributed by atoms with Gasteiger partial charge in [0.1, 0.15) is 31.7 Å². The third kappa shape index (κ3) is 75.6. The van der Waals surface area contributed by atoms with Crippen molar-refractivity contribution in [3.63, 3.8) is 0 Å². The molecule has 0 heterocycles. The Balaban J connectivity index is 5.36. The lowest BCUT2D eigenvalue weighted by Gasteiger charge is -2.21. The lowest BCUT2D eigenvalue weighted by molar-refractivity contribution is -0.161. The van der Waals surface area contributed by atoms with Crippen molar-refractivity contribution >= 4 is 39.8 Å². The van der Waals surface area contributed by atoms with E-state index in [-0.39, 0.29) is 25.9 Å². The molecule has 0 aromatic heterocycles. The Kier molecular flexibility index (Phi) is 73.4. The summed E-state index contributed by atoms with van der Waals surface area (Å²) in [5.41, 5.74) is 0. The van der Waals surface area contributed by atoms with Gasteiger partial charge in [-0.1, -0.05) is 252 Å². The molecule has 0 aliphatic heterocycles. The van der Waals surface area contributed by atoms with Gasteiger partial charge in [-0.25, -0.2) is 9.13 Å². The van der Waals surface area contributed by atoms with Crippen LogP contribution in [-0.2, 0) is 65.4 Å².